The van der Waals surface area contributed by atoms with Gasteiger partial charge < -0.3 is 5.11 Å². The molecule has 2 rings (SSSR count). The molecule has 116 valence electrons. The van der Waals surface area contributed by atoms with Gasteiger partial charge in [-0.05, 0) is 42.4 Å². The van der Waals surface area contributed by atoms with Crippen LogP contribution < -0.4 is 4.72 Å². The van der Waals surface area contributed by atoms with E-state index in [0.29, 0.717) is 18.5 Å². The van der Waals surface area contributed by atoms with Crippen LogP contribution in [0.2, 0.25) is 0 Å². The molecule has 0 heterocycles. The zero-order chi connectivity index (χ0) is 15.7. The van der Waals surface area contributed by atoms with E-state index in [-0.39, 0.29) is 15.9 Å². The summed E-state index contributed by atoms with van der Waals surface area (Å²) in [5.41, 5.74) is 0.651. The third kappa shape index (κ3) is 3.44. The molecule has 1 aromatic carbocycles. The predicted octanol–water partition coefficient (Wildman–Crippen LogP) is 2.42. The van der Waals surface area contributed by atoms with Crippen LogP contribution >= 0.6 is 0 Å². The van der Waals surface area contributed by atoms with Gasteiger partial charge in [0, 0.05) is 6.54 Å². The highest BCUT2D eigenvalue weighted by Crippen LogP contribution is 2.39. The van der Waals surface area contributed by atoms with Gasteiger partial charge in [-0.15, -0.1) is 0 Å². The van der Waals surface area contributed by atoms with Crippen LogP contribution in [0.5, 0.6) is 0 Å². The monoisotopic (exact) mass is 311 g/mol. The summed E-state index contributed by atoms with van der Waals surface area (Å²) in [5.74, 6) is -1.12. The first-order chi connectivity index (χ1) is 9.77. The molecule has 0 radical (unpaired) electrons. The van der Waals surface area contributed by atoms with Crippen molar-refractivity contribution in [1.82, 2.24) is 4.72 Å². The maximum Gasteiger partial charge on any atom is 0.335 e. The average Bonchev–Trinajstić information content (AvgIpc) is 2.42. The lowest BCUT2D eigenvalue weighted by molar-refractivity contribution is 0.0696. The molecule has 0 atom stereocenters. The number of carboxylic acid groups (broad SMARTS) is 1. The number of hydrogen-bond acceptors (Lipinski definition) is 3. The number of benzene rings is 1. The van der Waals surface area contributed by atoms with E-state index in [1.54, 1.807) is 6.07 Å². The number of nitrogens with one attached hydrogen (secondary N) is 1. The summed E-state index contributed by atoms with van der Waals surface area (Å²) >= 11 is 0. The van der Waals surface area contributed by atoms with Crippen LogP contribution in [-0.4, -0.2) is 26.0 Å². The first-order valence-electron chi connectivity index (χ1n) is 7.13. The van der Waals surface area contributed by atoms with Crippen molar-refractivity contribution in [1.29, 1.82) is 0 Å². The molecule has 0 aromatic heterocycles. The van der Waals surface area contributed by atoms with Crippen molar-refractivity contribution in [3.63, 3.8) is 0 Å². The van der Waals surface area contributed by atoms with Gasteiger partial charge in [-0.25, -0.2) is 17.9 Å². The van der Waals surface area contributed by atoms with Gasteiger partial charge in [0.15, 0.2) is 0 Å². The van der Waals surface area contributed by atoms with Gasteiger partial charge in [-0.3, -0.25) is 0 Å². The molecular formula is C15H21NO4S. The summed E-state index contributed by atoms with van der Waals surface area (Å²) in [5, 5.41) is 9.03. The fourth-order valence-corrected chi connectivity index (χ4v) is 4.07. The third-order valence-electron chi connectivity index (χ3n) is 4.23. The summed E-state index contributed by atoms with van der Waals surface area (Å²) in [6, 6.07) is 4.25. The summed E-state index contributed by atoms with van der Waals surface area (Å²) in [6.07, 6.45) is 3.71. The molecule has 1 saturated carbocycles. The number of rotatable bonds is 6. The highest BCUT2D eigenvalue weighted by molar-refractivity contribution is 7.89. The number of aryl methyl sites for hydroxylation is 1. The summed E-state index contributed by atoms with van der Waals surface area (Å²) in [6.45, 7) is 4.31. The molecule has 2 N–H and O–H groups in total. The Bertz CT molecular complexity index is 648. The van der Waals surface area contributed by atoms with Gasteiger partial charge in [-0.2, -0.15) is 0 Å². The maximum atomic E-state index is 12.5. The van der Waals surface area contributed by atoms with Crippen molar-refractivity contribution < 1.29 is 18.3 Å². The standard InChI is InChI=1S/C15H21NO4S/c1-3-11-5-6-12(14(17)18)9-13(11)21(19,20)16-10-15(2)7-4-8-15/h5-6,9,16H,3-4,7-8,10H2,1-2H3,(H,17,18). The first kappa shape index (κ1) is 16.0. The molecular weight excluding hydrogens is 290 g/mol. The molecule has 5 nitrogen and oxygen atoms in total. The topological polar surface area (TPSA) is 83.5 Å². The minimum absolute atomic E-state index is 0.0116. The van der Waals surface area contributed by atoms with Gasteiger partial charge in [0.05, 0.1) is 10.5 Å². The zero-order valence-corrected chi connectivity index (χ0v) is 13.2. The molecule has 21 heavy (non-hydrogen) atoms. The Balaban J connectivity index is 2.29. The van der Waals surface area contributed by atoms with E-state index >= 15 is 0 Å². The van der Waals surface area contributed by atoms with Crippen molar-refractivity contribution in [3.05, 3.63) is 29.3 Å². The van der Waals surface area contributed by atoms with Crippen molar-refractivity contribution in [2.75, 3.05) is 6.54 Å². The van der Waals surface area contributed by atoms with E-state index in [9.17, 15) is 13.2 Å². The van der Waals surface area contributed by atoms with Gasteiger partial charge in [-0.1, -0.05) is 26.3 Å². The second-order valence-electron chi connectivity index (χ2n) is 5.97. The molecule has 6 heteroatoms. The second kappa shape index (κ2) is 5.77. The Morgan fingerprint density at radius 1 is 1.38 bits per heavy atom. The molecule has 0 bridgehead atoms. The second-order valence-corrected chi connectivity index (χ2v) is 7.71. The van der Waals surface area contributed by atoms with E-state index in [2.05, 4.69) is 11.6 Å². The molecule has 0 spiro atoms. The Morgan fingerprint density at radius 2 is 2.05 bits per heavy atom. The normalized spacial score (nSPS) is 17.2. The van der Waals surface area contributed by atoms with Crippen LogP contribution in [-0.2, 0) is 16.4 Å². The molecule has 0 amide bonds. The maximum absolute atomic E-state index is 12.5. The van der Waals surface area contributed by atoms with Crippen LogP contribution in [0.4, 0.5) is 0 Å². The van der Waals surface area contributed by atoms with Gasteiger partial charge in [0.1, 0.15) is 0 Å². The molecule has 1 aromatic rings. The summed E-state index contributed by atoms with van der Waals surface area (Å²) in [7, 11) is -3.68. The lowest BCUT2D eigenvalue weighted by Gasteiger charge is -2.38. The number of carbonyl (C=O) groups is 1. The summed E-state index contributed by atoms with van der Waals surface area (Å²) in [4.78, 5) is 11.1. The average molecular weight is 311 g/mol. The fraction of sp³-hybridized carbons (Fsp3) is 0.533. The largest absolute Gasteiger partial charge is 0.478 e. The number of hydrogen-bond donors (Lipinski definition) is 2. The van der Waals surface area contributed by atoms with Crippen LogP contribution in [0.1, 0.15) is 49.0 Å². The molecule has 0 saturated heterocycles. The molecule has 0 aliphatic heterocycles. The lowest BCUT2D eigenvalue weighted by Crippen LogP contribution is -2.40. The van der Waals surface area contributed by atoms with E-state index in [1.807, 2.05) is 6.92 Å². The fourth-order valence-electron chi connectivity index (χ4n) is 2.53. The van der Waals surface area contributed by atoms with Crippen LogP contribution in [0, 0.1) is 5.41 Å². The molecule has 0 unspecified atom stereocenters. The van der Waals surface area contributed by atoms with Gasteiger partial charge >= 0.3 is 5.97 Å². The molecule has 1 aliphatic rings. The molecule has 1 aliphatic carbocycles. The lowest BCUT2D eigenvalue weighted by atomic mass is 9.71. The third-order valence-corrected chi connectivity index (χ3v) is 5.72. The van der Waals surface area contributed by atoms with Crippen LogP contribution in [0.3, 0.4) is 0 Å². The smallest absolute Gasteiger partial charge is 0.335 e. The number of sulfonamides is 1. The molecule has 1 fully saturated rings. The summed E-state index contributed by atoms with van der Waals surface area (Å²) < 4.78 is 27.6. The van der Waals surface area contributed by atoms with Crippen LogP contribution in [0.25, 0.3) is 0 Å². The predicted molar refractivity (Wildman–Crippen MR) is 79.9 cm³/mol. The Morgan fingerprint density at radius 3 is 2.52 bits per heavy atom. The van der Waals surface area contributed by atoms with Gasteiger partial charge in [0.25, 0.3) is 0 Å². The van der Waals surface area contributed by atoms with Crippen molar-refractivity contribution in [2.24, 2.45) is 5.41 Å². The van der Waals surface area contributed by atoms with E-state index in [4.69, 9.17) is 5.11 Å². The highest BCUT2D eigenvalue weighted by atomic mass is 32.2. The van der Waals surface area contributed by atoms with Gasteiger partial charge in [0.2, 0.25) is 10.0 Å². The number of aromatic carboxylic acids is 1. The highest BCUT2D eigenvalue weighted by Gasteiger charge is 2.33. The number of carboxylic acids is 1. The minimum Gasteiger partial charge on any atom is -0.478 e. The van der Waals surface area contributed by atoms with E-state index in [1.165, 1.54) is 12.1 Å². The van der Waals surface area contributed by atoms with E-state index < -0.39 is 16.0 Å². The SMILES string of the molecule is CCc1ccc(C(=O)O)cc1S(=O)(=O)NCC1(C)CCC1. The Hall–Kier alpha value is -1.40. The van der Waals surface area contributed by atoms with Crippen molar-refractivity contribution >= 4 is 16.0 Å². The first-order valence-corrected chi connectivity index (χ1v) is 8.62. The Kier molecular flexibility index (Phi) is 4.39. The zero-order valence-electron chi connectivity index (χ0n) is 12.3. The quantitative estimate of drug-likeness (QED) is 0.845. The Labute approximate surface area is 125 Å². The minimum atomic E-state index is -3.68. The van der Waals surface area contributed by atoms with Crippen molar-refractivity contribution in [3.8, 4) is 0 Å². The van der Waals surface area contributed by atoms with E-state index in [0.717, 1.165) is 19.3 Å². The van der Waals surface area contributed by atoms with Crippen LogP contribution in [0.15, 0.2) is 23.1 Å². The van der Waals surface area contributed by atoms with Crippen molar-refractivity contribution in [2.45, 2.75) is 44.4 Å².